The van der Waals surface area contributed by atoms with Gasteiger partial charge in [0.15, 0.2) is 0 Å². The van der Waals surface area contributed by atoms with Crippen LogP contribution in [0, 0.1) is 5.92 Å². The molecule has 2 aliphatic rings. The number of hydrogen-bond acceptors (Lipinski definition) is 3. The van der Waals surface area contributed by atoms with Crippen LogP contribution < -0.4 is 16.0 Å². The van der Waals surface area contributed by atoms with Gasteiger partial charge in [-0.2, -0.15) is 0 Å². The summed E-state index contributed by atoms with van der Waals surface area (Å²) in [6, 6.07) is 8.44. The van der Waals surface area contributed by atoms with Crippen molar-refractivity contribution in [1.29, 1.82) is 0 Å². The van der Waals surface area contributed by atoms with E-state index in [4.69, 9.17) is 5.73 Å². The number of rotatable bonds is 3. The van der Waals surface area contributed by atoms with Gasteiger partial charge in [0.05, 0.1) is 11.4 Å². The summed E-state index contributed by atoms with van der Waals surface area (Å²) in [5, 5.41) is 3.15. The predicted molar refractivity (Wildman–Crippen MR) is 86.5 cm³/mol. The first-order valence-electron chi connectivity index (χ1n) is 8.14. The second kappa shape index (κ2) is 6.48. The summed E-state index contributed by atoms with van der Waals surface area (Å²) < 4.78 is 0. The number of nitrogens with zero attached hydrogens (tertiary/aromatic N) is 1. The van der Waals surface area contributed by atoms with Crippen LogP contribution in [0.15, 0.2) is 24.3 Å². The second-order valence-corrected chi connectivity index (χ2v) is 6.31. The van der Waals surface area contributed by atoms with Gasteiger partial charge in [0.2, 0.25) is 5.91 Å². The maximum absolute atomic E-state index is 12.5. The van der Waals surface area contributed by atoms with Crippen LogP contribution in [0.5, 0.6) is 0 Å². The van der Waals surface area contributed by atoms with Gasteiger partial charge < -0.3 is 16.0 Å². The SMILES string of the molecule is NC1CCC(C(=O)Nc2ccccc2N2CCCC2)CC1. The molecule has 1 aliphatic heterocycles. The number of amides is 1. The van der Waals surface area contributed by atoms with Crippen LogP contribution in [0.3, 0.4) is 0 Å². The first-order valence-corrected chi connectivity index (χ1v) is 8.14. The fraction of sp³-hybridized carbons (Fsp3) is 0.588. The number of hydrogen-bond donors (Lipinski definition) is 2. The monoisotopic (exact) mass is 287 g/mol. The van der Waals surface area contributed by atoms with Crippen LogP contribution in [0.1, 0.15) is 38.5 Å². The zero-order valence-corrected chi connectivity index (χ0v) is 12.6. The van der Waals surface area contributed by atoms with Gasteiger partial charge in [-0.3, -0.25) is 4.79 Å². The highest BCUT2D eigenvalue weighted by Gasteiger charge is 2.25. The lowest BCUT2D eigenvalue weighted by Gasteiger charge is -2.26. The molecule has 0 atom stereocenters. The van der Waals surface area contributed by atoms with E-state index in [1.807, 2.05) is 18.2 Å². The van der Waals surface area contributed by atoms with Crippen molar-refractivity contribution in [3.63, 3.8) is 0 Å². The van der Waals surface area contributed by atoms with Crippen molar-refractivity contribution in [2.24, 2.45) is 11.7 Å². The standard InChI is InChI=1S/C17H25N3O/c18-14-9-7-13(8-10-14)17(21)19-15-5-1-2-6-16(15)20-11-3-4-12-20/h1-2,5-6,13-14H,3-4,7-12,18H2,(H,19,21). The molecule has 1 saturated carbocycles. The highest BCUT2D eigenvalue weighted by molar-refractivity contribution is 5.95. The van der Waals surface area contributed by atoms with Crippen molar-refractivity contribution >= 4 is 17.3 Å². The van der Waals surface area contributed by atoms with Crippen molar-refractivity contribution in [3.8, 4) is 0 Å². The molecule has 1 aromatic carbocycles. The first kappa shape index (κ1) is 14.4. The Hall–Kier alpha value is -1.55. The molecule has 3 N–H and O–H groups in total. The van der Waals surface area contributed by atoms with Gasteiger partial charge in [0.1, 0.15) is 0 Å². The summed E-state index contributed by atoms with van der Waals surface area (Å²) in [5.74, 6) is 0.282. The zero-order chi connectivity index (χ0) is 14.7. The minimum Gasteiger partial charge on any atom is -0.370 e. The van der Waals surface area contributed by atoms with E-state index in [2.05, 4.69) is 16.3 Å². The zero-order valence-electron chi connectivity index (χ0n) is 12.6. The van der Waals surface area contributed by atoms with E-state index in [-0.39, 0.29) is 17.9 Å². The Kier molecular flexibility index (Phi) is 4.44. The number of benzene rings is 1. The van der Waals surface area contributed by atoms with Crippen LogP contribution in [0.2, 0.25) is 0 Å². The smallest absolute Gasteiger partial charge is 0.227 e. The van der Waals surface area contributed by atoms with Crippen molar-refractivity contribution in [1.82, 2.24) is 0 Å². The van der Waals surface area contributed by atoms with E-state index < -0.39 is 0 Å². The average molecular weight is 287 g/mol. The number of carbonyl (C=O) groups excluding carboxylic acids is 1. The number of carbonyl (C=O) groups is 1. The Morgan fingerprint density at radius 2 is 1.76 bits per heavy atom. The molecule has 4 nitrogen and oxygen atoms in total. The third kappa shape index (κ3) is 3.38. The van der Waals surface area contributed by atoms with Crippen LogP contribution in [0.4, 0.5) is 11.4 Å². The summed E-state index contributed by atoms with van der Waals surface area (Å²) in [4.78, 5) is 14.8. The molecule has 3 rings (SSSR count). The van der Waals surface area contributed by atoms with Gasteiger partial charge in [0.25, 0.3) is 0 Å². The number of nitrogens with two attached hydrogens (primary N) is 1. The Bertz CT molecular complexity index is 489. The largest absolute Gasteiger partial charge is 0.370 e. The molecule has 0 unspecified atom stereocenters. The topological polar surface area (TPSA) is 58.4 Å². The van der Waals surface area contributed by atoms with Crippen molar-refractivity contribution in [2.75, 3.05) is 23.3 Å². The van der Waals surface area contributed by atoms with Crippen LogP contribution >= 0.6 is 0 Å². The van der Waals surface area contributed by atoms with Gasteiger partial charge in [-0.1, -0.05) is 12.1 Å². The second-order valence-electron chi connectivity index (χ2n) is 6.31. The highest BCUT2D eigenvalue weighted by Crippen LogP contribution is 2.30. The molecule has 4 heteroatoms. The molecule has 1 aromatic rings. The molecular weight excluding hydrogens is 262 g/mol. The molecule has 114 valence electrons. The summed E-state index contributed by atoms with van der Waals surface area (Å²) in [6.45, 7) is 2.18. The Morgan fingerprint density at radius 1 is 1.10 bits per heavy atom. The third-order valence-corrected chi connectivity index (χ3v) is 4.75. The molecular formula is C17H25N3O. The van der Waals surface area contributed by atoms with Crippen LogP contribution in [-0.4, -0.2) is 25.0 Å². The van der Waals surface area contributed by atoms with E-state index in [1.54, 1.807) is 0 Å². The van der Waals surface area contributed by atoms with E-state index >= 15 is 0 Å². The number of nitrogens with one attached hydrogen (secondary N) is 1. The Morgan fingerprint density at radius 3 is 2.48 bits per heavy atom. The minimum absolute atomic E-state index is 0.122. The quantitative estimate of drug-likeness (QED) is 0.898. The van der Waals surface area contributed by atoms with Crippen molar-refractivity contribution in [2.45, 2.75) is 44.6 Å². The van der Waals surface area contributed by atoms with Gasteiger partial charge >= 0.3 is 0 Å². The van der Waals surface area contributed by atoms with Crippen molar-refractivity contribution < 1.29 is 4.79 Å². The van der Waals surface area contributed by atoms with E-state index in [1.165, 1.54) is 12.8 Å². The lowest BCUT2D eigenvalue weighted by atomic mass is 9.86. The van der Waals surface area contributed by atoms with E-state index in [0.717, 1.165) is 50.1 Å². The van der Waals surface area contributed by atoms with Gasteiger partial charge in [0, 0.05) is 25.0 Å². The van der Waals surface area contributed by atoms with E-state index in [9.17, 15) is 4.79 Å². The predicted octanol–water partition coefficient (Wildman–Crippen LogP) is 2.74. The molecule has 0 aromatic heterocycles. The van der Waals surface area contributed by atoms with Crippen LogP contribution in [0.25, 0.3) is 0 Å². The lowest BCUT2D eigenvalue weighted by molar-refractivity contribution is -0.120. The molecule has 0 spiro atoms. The molecule has 1 aliphatic carbocycles. The van der Waals surface area contributed by atoms with Crippen molar-refractivity contribution in [3.05, 3.63) is 24.3 Å². The van der Waals surface area contributed by atoms with Gasteiger partial charge in [-0.05, 0) is 50.7 Å². The van der Waals surface area contributed by atoms with Gasteiger partial charge in [-0.15, -0.1) is 0 Å². The molecule has 1 heterocycles. The van der Waals surface area contributed by atoms with E-state index in [0.29, 0.717) is 0 Å². The average Bonchev–Trinajstić information content (AvgIpc) is 3.02. The fourth-order valence-electron chi connectivity index (χ4n) is 3.43. The first-order chi connectivity index (χ1) is 10.2. The summed E-state index contributed by atoms with van der Waals surface area (Å²) in [7, 11) is 0. The summed E-state index contributed by atoms with van der Waals surface area (Å²) >= 11 is 0. The normalized spacial score (nSPS) is 25.9. The minimum atomic E-state index is 0.122. The fourth-order valence-corrected chi connectivity index (χ4v) is 3.43. The number of para-hydroxylation sites is 2. The molecule has 0 bridgehead atoms. The summed E-state index contributed by atoms with van der Waals surface area (Å²) in [6.07, 6.45) is 6.24. The third-order valence-electron chi connectivity index (χ3n) is 4.75. The number of anilines is 2. The maximum atomic E-state index is 12.5. The lowest BCUT2D eigenvalue weighted by Crippen LogP contribution is -2.32. The Labute approximate surface area is 126 Å². The molecule has 2 fully saturated rings. The molecule has 21 heavy (non-hydrogen) atoms. The van der Waals surface area contributed by atoms with Gasteiger partial charge in [-0.25, -0.2) is 0 Å². The Balaban J connectivity index is 1.68. The molecule has 1 saturated heterocycles. The molecule has 0 radical (unpaired) electrons. The maximum Gasteiger partial charge on any atom is 0.227 e. The highest BCUT2D eigenvalue weighted by atomic mass is 16.1. The van der Waals surface area contributed by atoms with Crippen LogP contribution in [-0.2, 0) is 4.79 Å². The summed E-state index contributed by atoms with van der Waals surface area (Å²) in [5.41, 5.74) is 8.04. The molecule has 1 amide bonds.